The van der Waals surface area contributed by atoms with Crippen molar-refractivity contribution >= 4 is 17.4 Å². The second-order valence-corrected chi connectivity index (χ2v) is 7.86. The van der Waals surface area contributed by atoms with Crippen LogP contribution in [0.25, 0.3) is 0 Å². The highest BCUT2D eigenvalue weighted by molar-refractivity contribution is 5.97. The fourth-order valence-corrected chi connectivity index (χ4v) is 3.22. The monoisotopic (exact) mass is 419 g/mol. The lowest BCUT2D eigenvalue weighted by Gasteiger charge is -2.09. The minimum atomic E-state index is -0.296. The van der Waals surface area contributed by atoms with Crippen LogP contribution in [0.4, 0.5) is 5.69 Å². The molecule has 1 heterocycles. The fraction of sp³-hybridized carbons (Fsp3) is 0.292. The van der Waals surface area contributed by atoms with Crippen LogP contribution in [0.5, 0.6) is 0 Å². The number of nitrogens with zero attached hydrogens (tertiary/aromatic N) is 3. The third-order valence-corrected chi connectivity index (χ3v) is 4.85. The van der Waals surface area contributed by atoms with E-state index in [1.165, 1.54) is 0 Å². The number of hydrogen-bond acceptors (Lipinski definition) is 4. The first-order chi connectivity index (χ1) is 14.8. The number of oxime groups is 1. The van der Waals surface area contributed by atoms with E-state index >= 15 is 0 Å². The number of amides is 1. The van der Waals surface area contributed by atoms with Gasteiger partial charge >= 0.3 is 0 Å². The maximum atomic E-state index is 12.1. The Morgan fingerprint density at radius 2 is 1.94 bits per heavy atom. The highest BCUT2D eigenvalue weighted by Crippen LogP contribution is 2.18. The molecule has 0 spiro atoms. The molecule has 3 rings (SSSR count). The predicted molar refractivity (Wildman–Crippen MR) is 123 cm³/mol. The van der Waals surface area contributed by atoms with Gasteiger partial charge in [0.15, 0.2) is 12.4 Å². The maximum absolute atomic E-state index is 12.1. The second kappa shape index (κ2) is 9.93. The summed E-state index contributed by atoms with van der Waals surface area (Å²) in [6.45, 7) is 8.62. The SMILES string of the molecule is Cc1cc(C)n(Cc2cccc(/C(N)=N\OCC(=O)Nc3cccc(C(C)C)c3)c2)n1. The predicted octanol–water partition coefficient (Wildman–Crippen LogP) is 3.95. The van der Waals surface area contributed by atoms with Crippen LogP contribution in [0.3, 0.4) is 0 Å². The lowest BCUT2D eigenvalue weighted by molar-refractivity contribution is -0.120. The Morgan fingerprint density at radius 1 is 1.16 bits per heavy atom. The Kier molecular flexibility index (Phi) is 7.07. The van der Waals surface area contributed by atoms with Gasteiger partial charge in [0.25, 0.3) is 5.91 Å². The second-order valence-electron chi connectivity index (χ2n) is 7.86. The molecular weight excluding hydrogens is 390 g/mol. The van der Waals surface area contributed by atoms with Crippen molar-refractivity contribution in [1.82, 2.24) is 9.78 Å². The zero-order valence-electron chi connectivity index (χ0n) is 18.4. The van der Waals surface area contributed by atoms with Gasteiger partial charge in [-0.3, -0.25) is 9.48 Å². The molecule has 162 valence electrons. The molecular formula is C24H29N5O2. The molecule has 1 amide bonds. The van der Waals surface area contributed by atoms with Crippen LogP contribution < -0.4 is 11.1 Å². The van der Waals surface area contributed by atoms with Crippen molar-refractivity contribution in [3.05, 3.63) is 82.7 Å². The number of rotatable bonds is 8. The molecule has 2 aromatic carbocycles. The van der Waals surface area contributed by atoms with Gasteiger partial charge in [-0.05, 0) is 55.2 Å². The molecule has 7 heteroatoms. The Hall–Kier alpha value is -3.61. The molecule has 0 aliphatic rings. The Balaban J connectivity index is 1.57. The summed E-state index contributed by atoms with van der Waals surface area (Å²) in [5, 5.41) is 11.2. The molecule has 31 heavy (non-hydrogen) atoms. The first-order valence-electron chi connectivity index (χ1n) is 10.3. The van der Waals surface area contributed by atoms with Crippen LogP contribution in [-0.4, -0.2) is 28.1 Å². The summed E-state index contributed by atoms with van der Waals surface area (Å²) >= 11 is 0. The normalized spacial score (nSPS) is 11.6. The van der Waals surface area contributed by atoms with Crippen molar-refractivity contribution in [1.29, 1.82) is 0 Å². The van der Waals surface area contributed by atoms with Crippen LogP contribution >= 0.6 is 0 Å². The van der Waals surface area contributed by atoms with Gasteiger partial charge in [-0.1, -0.05) is 49.3 Å². The van der Waals surface area contributed by atoms with Gasteiger partial charge in [-0.15, -0.1) is 0 Å². The highest BCUT2D eigenvalue weighted by atomic mass is 16.6. The maximum Gasteiger partial charge on any atom is 0.265 e. The van der Waals surface area contributed by atoms with Gasteiger partial charge in [0.2, 0.25) is 0 Å². The van der Waals surface area contributed by atoms with Gasteiger partial charge in [0.1, 0.15) is 0 Å². The number of aromatic nitrogens is 2. The number of carbonyl (C=O) groups excluding carboxylic acids is 1. The summed E-state index contributed by atoms with van der Waals surface area (Å²) in [6, 6.07) is 17.5. The lowest BCUT2D eigenvalue weighted by atomic mass is 10.0. The molecule has 7 nitrogen and oxygen atoms in total. The molecule has 0 saturated heterocycles. The van der Waals surface area contributed by atoms with Crippen LogP contribution in [0.1, 0.15) is 47.8 Å². The summed E-state index contributed by atoms with van der Waals surface area (Å²) in [5.74, 6) is 0.301. The van der Waals surface area contributed by atoms with Gasteiger partial charge in [0.05, 0.1) is 12.2 Å². The Bertz CT molecular complexity index is 1090. The number of hydrogen-bond donors (Lipinski definition) is 2. The van der Waals surface area contributed by atoms with Crippen molar-refractivity contribution < 1.29 is 9.63 Å². The molecule has 3 aromatic rings. The summed E-state index contributed by atoms with van der Waals surface area (Å²) in [7, 11) is 0. The largest absolute Gasteiger partial charge is 0.384 e. The van der Waals surface area contributed by atoms with Gasteiger partial charge in [0, 0.05) is 16.9 Å². The van der Waals surface area contributed by atoms with Crippen molar-refractivity contribution in [3.8, 4) is 0 Å². The van der Waals surface area contributed by atoms with Crippen molar-refractivity contribution in [3.63, 3.8) is 0 Å². The molecule has 1 aromatic heterocycles. The summed E-state index contributed by atoms with van der Waals surface area (Å²) in [5.41, 5.74) is 11.8. The summed E-state index contributed by atoms with van der Waals surface area (Å²) < 4.78 is 1.94. The van der Waals surface area contributed by atoms with Crippen LogP contribution in [-0.2, 0) is 16.2 Å². The average molecular weight is 420 g/mol. The van der Waals surface area contributed by atoms with E-state index in [4.69, 9.17) is 10.6 Å². The molecule has 0 unspecified atom stereocenters. The zero-order chi connectivity index (χ0) is 22.4. The standard InChI is InChI=1S/C24H29N5O2/c1-16(2)20-8-6-10-22(13-20)26-23(30)15-31-28-24(25)21-9-5-7-19(12-21)14-29-18(4)11-17(3)27-29/h5-13,16H,14-15H2,1-4H3,(H2,25,28)(H,26,30). The number of nitrogens with one attached hydrogen (secondary N) is 1. The average Bonchev–Trinajstić information content (AvgIpc) is 3.04. The number of carbonyl (C=O) groups is 1. The molecule has 0 aliphatic heterocycles. The van der Waals surface area contributed by atoms with Gasteiger partial charge < -0.3 is 15.9 Å². The minimum absolute atomic E-state index is 0.213. The molecule has 0 fully saturated rings. The van der Waals surface area contributed by atoms with Crippen molar-refractivity contribution in [2.24, 2.45) is 10.9 Å². The molecule has 0 aliphatic carbocycles. The summed E-state index contributed by atoms with van der Waals surface area (Å²) in [4.78, 5) is 17.3. The zero-order valence-corrected chi connectivity index (χ0v) is 18.4. The van der Waals surface area contributed by atoms with E-state index in [0.29, 0.717) is 12.5 Å². The molecule has 0 bridgehead atoms. The van der Waals surface area contributed by atoms with Crippen LogP contribution in [0.15, 0.2) is 59.8 Å². The van der Waals surface area contributed by atoms with E-state index in [2.05, 4.69) is 29.4 Å². The summed E-state index contributed by atoms with van der Waals surface area (Å²) in [6.07, 6.45) is 0. The number of aryl methyl sites for hydroxylation is 2. The molecule has 0 atom stereocenters. The number of anilines is 1. The Labute approximate surface area is 182 Å². The van der Waals surface area contributed by atoms with Crippen LogP contribution in [0.2, 0.25) is 0 Å². The lowest BCUT2D eigenvalue weighted by Crippen LogP contribution is -2.19. The molecule has 3 N–H and O–H groups in total. The highest BCUT2D eigenvalue weighted by Gasteiger charge is 2.07. The number of amidine groups is 1. The van der Waals surface area contributed by atoms with Crippen molar-refractivity contribution in [2.75, 3.05) is 11.9 Å². The minimum Gasteiger partial charge on any atom is -0.384 e. The fourth-order valence-electron chi connectivity index (χ4n) is 3.22. The van der Waals surface area contributed by atoms with E-state index in [0.717, 1.165) is 33.8 Å². The smallest absolute Gasteiger partial charge is 0.265 e. The van der Waals surface area contributed by atoms with E-state index in [1.54, 1.807) is 0 Å². The topological polar surface area (TPSA) is 94.5 Å². The van der Waals surface area contributed by atoms with Gasteiger partial charge in [-0.2, -0.15) is 5.10 Å². The third kappa shape index (κ3) is 6.18. The van der Waals surface area contributed by atoms with Crippen molar-refractivity contribution in [2.45, 2.75) is 40.2 Å². The van der Waals surface area contributed by atoms with E-state index in [9.17, 15) is 4.79 Å². The molecule has 0 radical (unpaired) electrons. The van der Waals surface area contributed by atoms with E-state index in [-0.39, 0.29) is 18.3 Å². The third-order valence-electron chi connectivity index (χ3n) is 4.85. The first-order valence-corrected chi connectivity index (χ1v) is 10.3. The Morgan fingerprint density at radius 3 is 2.65 bits per heavy atom. The quantitative estimate of drug-likeness (QED) is 0.328. The van der Waals surface area contributed by atoms with Crippen LogP contribution in [0, 0.1) is 13.8 Å². The van der Waals surface area contributed by atoms with E-state index < -0.39 is 0 Å². The van der Waals surface area contributed by atoms with Gasteiger partial charge in [-0.25, -0.2) is 0 Å². The first kappa shape index (κ1) is 22.1. The number of benzene rings is 2. The number of nitrogens with two attached hydrogens (primary N) is 1. The van der Waals surface area contributed by atoms with E-state index in [1.807, 2.05) is 73.1 Å². The molecule has 0 saturated carbocycles.